The molecule has 1 aliphatic heterocycles. The summed E-state index contributed by atoms with van der Waals surface area (Å²) < 4.78 is 0.955. The van der Waals surface area contributed by atoms with Crippen molar-refractivity contribution in [2.45, 2.75) is 6.42 Å². The monoisotopic (exact) mass is 221 g/mol. The molecule has 0 radical (unpaired) electrons. The van der Waals surface area contributed by atoms with E-state index in [2.05, 4.69) is 4.99 Å². The van der Waals surface area contributed by atoms with Crippen LogP contribution in [0.1, 0.15) is 5.56 Å². The van der Waals surface area contributed by atoms with E-state index in [1.54, 1.807) is 0 Å². The van der Waals surface area contributed by atoms with Gasteiger partial charge < -0.3 is 0 Å². The first-order valence-electron chi connectivity index (χ1n) is 3.12. The van der Waals surface area contributed by atoms with Crippen molar-refractivity contribution in [1.29, 1.82) is 0 Å². The molecule has 0 amide bonds. The summed E-state index contributed by atoms with van der Waals surface area (Å²) in [5.41, 5.74) is 1.24. The summed E-state index contributed by atoms with van der Waals surface area (Å²) in [7, 11) is 0. The summed E-state index contributed by atoms with van der Waals surface area (Å²) in [6.07, 6.45) is 0.454. The molecule has 2 heterocycles. The van der Waals surface area contributed by atoms with Crippen molar-refractivity contribution in [3.8, 4) is 0 Å². The summed E-state index contributed by atoms with van der Waals surface area (Å²) in [5, 5.41) is 10.3. The Bertz CT molecular complexity index is 345. The minimum Gasteiger partial charge on any atom is 1.00 e. The molecule has 0 saturated carbocycles. The van der Waals surface area contributed by atoms with Crippen molar-refractivity contribution in [3.63, 3.8) is 0 Å². The maximum atomic E-state index is 10.3. The topological polar surface area (TPSA) is 52.5 Å². The molecule has 12 heavy (non-hydrogen) atoms. The number of carbonyl (C=O) groups is 1. The molecule has 1 aromatic heterocycles. The van der Waals surface area contributed by atoms with Gasteiger partial charge in [0.15, 0.2) is 0 Å². The normalized spacial score (nSPS) is 13.2. The molecule has 5 heteroatoms. The van der Waals surface area contributed by atoms with Gasteiger partial charge in [-0.25, -0.2) is 0 Å². The van der Waals surface area contributed by atoms with Gasteiger partial charge in [-0.05, 0) is 0 Å². The van der Waals surface area contributed by atoms with E-state index in [1.807, 2.05) is 11.0 Å². The van der Waals surface area contributed by atoms with Crippen LogP contribution in [-0.4, -0.2) is 26.2 Å². The van der Waals surface area contributed by atoms with Crippen LogP contribution in [0.2, 0.25) is 0 Å². The molecule has 56 valence electrons. The summed E-state index contributed by atoms with van der Waals surface area (Å²) in [5.74, 6) is -1.14. The molecule has 0 unspecified atom stereocenters. The third-order valence-electron chi connectivity index (χ3n) is 1.55. The molecule has 0 aromatic carbocycles. The molecule has 0 spiro atoms. The smallest absolute Gasteiger partial charge is 1.00 e. The van der Waals surface area contributed by atoms with Gasteiger partial charge in [0.25, 0.3) is 0 Å². The Kier molecular flexibility index (Phi) is 2.97. The predicted octanol–water partition coefficient (Wildman–Crippen LogP) is -3.87. The average molecular weight is 220 g/mol. The van der Waals surface area contributed by atoms with Crippen molar-refractivity contribution >= 4 is 30.7 Å². The van der Waals surface area contributed by atoms with Crippen LogP contribution in [0.15, 0.2) is 16.0 Å². The number of nitrogens with zero attached hydrogens (tertiary/aromatic N) is 1. The van der Waals surface area contributed by atoms with Gasteiger partial charge in [-0.3, -0.25) is 0 Å². The summed E-state index contributed by atoms with van der Waals surface area (Å²) in [4.78, 5) is 16.3. The second-order valence-corrected chi connectivity index (χ2v) is 4.15. The molecule has 2 rings (SSSR count). The van der Waals surface area contributed by atoms with Crippen LogP contribution in [0.4, 0.5) is 4.56 Å². The molecule has 0 fully saturated rings. The van der Waals surface area contributed by atoms with Crippen molar-refractivity contribution in [3.05, 3.63) is 16.6 Å². The van der Waals surface area contributed by atoms with Crippen LogP contribution in [0.3, 0.4) is 0 Å². The molecule has 3 nitrogen and oxygen atoms in total. The number of carboxylic acid groups (broad SMARTS) is 1. The quantitative estimate of drug-likeness (QED) is 0.454. The van der Waals surface area contributed by atoms with Crippen LogP contribution < -0.4 is 24.0 Å². The van der Waals surface area contributed by atoms with Crippen molar-refractivity contribution in [1.82, 2.24) is 0 Å². The van der Waals surface area contributed by atoms with Gasteiger partial charge in [0, 0.05) is 0 Å². The van der Waals surface area contributed by atoms with Crippen molar-refractivity contribution in [2.75, 3.05) is 0 Å². The minimum atomic E-state index is -1.14. The Balaban J connectivity index is 0.000000720. The van der Waals surface area contributed by atoms with E-state index in [1.165, 1.54) is 0 Å². The van der Waals surface area contributed by atoms with Crippen LogP contribution in [0, 0.1) is 0 Å². The third-order valence-corrected chi connectivity index (χ3v) is 3.33. The average Bonchev–Trinajstić information content (AvgIpc) is 2.40. The van der Waals surface area contributed by atoms with E-state index in [0.29, 0.717) is 6.42 Å². The van der Waals surface area contributed by atoms with E-state index in [-0.39, 0.29) is 39.1 Å². The third kappa shape index (κ3) is 1.57. The maximum Gasteiger partial charge on any atom is 1.00 e. The van der Waals surface area contributed by atoms with Crippen molar-refractivity contribution < 1.29 is 28.8 Å². The molecule has 0 aliphatic carbocycles. The Morgan fingerprint density at radius 3 is 3.00 bits per heavy atom. The largest absolute Gasteiger partial charge is 1.00 e. The molecule has 0 atom stereocenters. The summed E-state index contributed by atoms with van der Waals surface area (Å²) >= 11 is 0.256. The van der Waals surface area contributed by atoms with E-state index >= 15 is 0 Å². The molecule has 0 saturated heterocycles. The van der Waals surface area contributed by atoms with Crippen LogP contribution in [-0.2, 0) is 11.2 Å². The fourth-order valence-electron chi connectivity index (χ4n) is 1.02. The van der Waals surface area contributed by atoms with E-state index in [9.17, 15) is 9.90 Å². The van der Waals surface area contributed by atoms with Gasteiger partial charge in [-0.15, -0.1) is 0 Å². The van der Waals surface area contributed by atoms with Gasteiger partial charge in [-0.1, -0.05) is 0 Å². The van der Waals surface area contributed by atoms with Gasteiger partial charge in [-0.2, -0.15) is 0 Å². The SMILES string of the molecule is O=C([O-])C1=Nc2[se]ccc2C1.[Li+]. The minimum absolute atomic E-state index is 0. The zero-order valence-corrected chi connectivity index (χ0v) is 8.25. The van der Waals surface area contributed by atoms with Gasteiger partial charge in [0.1, 0.15) is 0 Å². The number of fused-ring (bicyclic) bond motifs is 1. The van der Waals surface area contributed by atoms with E-state index in [4.69, 9.17) is 0 Å². The zero-order valence-electron chi connectivity index (χ0n) is 6.53. The number of rotatable bonds is 1. The fraction of sp³-hybridized carbons (Fsp3) is 0.143. The standard InChI is InChI=1S/C7H5NO2Se.Li/c9-7(10)5-3-4-1-2-11-6(4)8-5;/h1-2H,3H2,(H,9,10);/q;+1/p-1. The first-order chi connectivity index (χ1) is 5.27. The predicted molar refractivity (Wildman–Crippen MR) is 39.2 cm³/mol. The van der Waals surface area contributed by atoms with Gasteiger partial charge in [0.05, 0.1) is 0 Å². The molecular formula is C7H4LiNO2Se. The summed E-state index contributed by atoms with van der Waals surface area (Å²) in [6, 6.07) is 1.95. The zero-order chi connectivity index (χ0) is 7.84. The number of carboxylic acids is 1. The van der Waals surface area contributed by atoms with Crippen LogP contribution >= 0.6 is 0 Å². The second kappa shape index (κ2) is 3.63. The number of hydrogen-bond acceptors (Lipinski definition) is 3. The number of aliphatic imine (C=N–C) groups is 1. The van der Waals surface area contributed by atoms with E-state index < -0.39 is 5.97 Å². The first-order valence-corrected chi connectivity index (χ1v) is 4.97. The summed E-state index contributed by atoms with van der Waals surface area (Å²) in [6.45, 7) is 0. The maximum absolute atomic E-state index is 10.3. The second-order valence-electron chi connectivity index (χ2n) is 2.27. The van der Waals surface area contributed by atoms with Crippen molar-refractivity contribution in [2.24, 2.45) is 4.99 Å². The number of aliphatic carboxylic acids is 1. The molecule has 1 aromatic rings. The number of hydrogen-bond donors (Lipinski definition) is 0. The molecule has 0 bridgehead atoms. The fourth-order valence-corrected chi connectivity index (χ4v) is 2.73. The Hall–Kier alpha value is -0.263. The number of carbonyl (C=O) groups excluding carboxylic acids is 1. The van der Waals surface area contributed by atoms with Gasteiger partial charge >= 0.3 is 87.5 Å². The molecule has 1 aliphatic rings. The molecule has 0 N–H and O–H groups in total. The van der Waals surface area contributed by atoms with E-state index in [0.717, 1.165) is 10.1 Å². The van der Waals surface area contributed by atoms with Crippen LogP contribution in [0.25, 0.3) is 0 Å². The van der Waals surface area contributed by atoms with Crippen LogP contribution in [0.5, 0.6) is 0 Å². The Labute approximate surface area is 87.4 Å². The molecular weight excluding hydrogens is 216 g/mol. The Morgan fingerprint density at radius 1 is 1.67 bits per heavy atom. The Morgan fingerprint density at radius 2 is 2.42 bits per heavy atom. The van der Waals surface area contributed by atoms with Gasteiger partial charge in [0.2, 0.25) is 0 Å². The first kappa shape index (κ1) is 9.82.